The summed E-state index contributed by atoms with van der Waals surface area (Å²) in [6, 6.07) is 12.0. The molecule has 0 heterocycles. The van der Waals surface area contributed by atoms with Crippen molar-refractivity contribution in [3.63, 3.8) is 0 Å². The smallest absolute Gasteiger partial charge is 0.270 e. The normalized spacial score (nSPS) is 11.1. The standard InChI is InChI=1S/C25H35N5O4/c1-6-34-23-10-7-21(8-11-23)26-15-25(31)28-27-14-20-13-22(30(32)33)9-12-24(20)29(16-18(2)3)17-19(4)5/h7-14,18-19,26H,6,15-17H2,1-5H3,(H,28,31)/b27-14-. The Morgan fingerprint density at radius 3 is 2.32 bits per heavy atom. The zero-order valence-electron chi connectivity index (χ0n) is 20.6. The Morgan fingerprint density at radius 2 is 1.76 bits per heavy atom. The molecule has 9 heteroatoms. The van der Waals surface area contributed by atoms with Crippen LogP contribution in [0.1, 0.15) is 40.2 Å². The van der Waals surface area contributed by atoms with E-state index < -0.39 is 4.92 Å². The first-order valence-electron chi connectivity index (χ1n) is 11.5. The van der Waals surface area contributed by atoms with E-state index in [0.29, 0.717) is 24.0 Å². The second kappa shape index (κ2) is 13.2. The quantitative estimate of drug-likeness (QED) is 0.251. The number of carbonyl (C=O) groups excluding carboxylic acids is 1. The van der Waals surface area contributed by atoms with Gasteiger partial charge in [0.1, 0.15) is 5.75 Å². The van der Waals surface area contributed by atoms with Crippen LogP contribution in [0.3, 0.4) is 0 Å². The lowest BCUT2D eigenvalue weighted by Crippen LogP contribution is -2.32. The molecule has 1 amide bonds. The number of nitro benzene ring substituents is 1. The molecule has 0 unspecified atom stereocenters. The van der Waals surface area contributed by atoms with Crippen molar-refractivity contribution in [2.45, 2.75) is 34.6 Å². The van der Waals surface area contributed by atoms with Gasteiger partial charge in [-0.05, 0) is 49.1 Å². The van der Waals surface area contributed by atoms with E-state index in [1.807, 2.05) is 31.2 Å². The topological polar surface area (TPSA) is 109 Å². The second-order valence-corrected chi connectivity index (χ2v) is 8.80. The summed E-state index contributed by atoms with van der Waals surface area (Å²) >= 11 is 0. The molecule has 0 atom stereocenters. The van der Waals surface area contributed by atoms with E-state index in [1.165, 1.54) is 18.3 Å². The van der Waals surface area contributed by atoms with Crippen LogP contribution in [-0.4, -0.2) is 43.3 Å². The first kappa shape index (κ1) is 26.6. The second-order valence-electron chi connectivity index (χ2n) is 8.80. The Kier molecular flexibility index (Phi) is 10.3. The van der Waals surface area contributed by atoms with E-state index >= 15 is 0 Å². The summed E-state index contributed by atoms with van der Waals surface area (Å²) in [4.78, 5) is 25.3. The molecule has 184 valence electrons. The Labute approximate surface area is 201 Å². The van der Waals surface area contributed by atoms with Crippen LogP contribution in [0.2, 0.25) is 0 Å². The maximum atomic E-state index is 12.2. The summed E-state index contributed by atoms with van der Waals surface area (Å²) in [7, 11) is 0. The molecule has 9 nitrogen and oxygen atoms in total. The van der Waals surface area contributed by atoms with Gasteiger partial charge in [-0.15, -0.1) is 0 Å². The molecule has 2 rings (SSSR count). The third-order valence-electron chi connectivity index (χ3n) is 4.74. The molecule has 0 aromatic heterocycles. The van der Waals surface area contributed by atoms with Crippen molar-refractivity contribution in [3.8, 4) is 5.75 Å². The summed E-state index contributed by atoms with van der Waals surface area (Å²) in [6.07, 6.45) is 1.46. The first-order chi connectivity index (χ1) is 16.2. The minimum atomic E-state index is -0.435. The number of amides is 1. The van der Waals surface area contributed by atoms with Crippen LogP contribution < -0.4 is 20.4 Å². The van der Waals surface area contributed by atoms with Crippen LogP contribution in [-0.2, 0) is 4.79 Å². The largest absolute Gasteiger partial charge is 0.494 e. The van der Waals surface area contributed by atoms with Gasteiger partial charge in [0.25, 0.3) is 11.6 Å². The molecule has 0 spiro atoms. The fraction of sp³-hybridized carbons (Fsp3) is 0.440. The molecule has 0 fully saturated rings. The summed E-state index contributed by atoms with van der Waals surface area (Å²) in [5.74, 6) is 1.25. The molecule has 0 aliphatic heterocycles. The van der Waals surface area contributed by atoms with Gasteiger partial charge in [-0.2, -0.15) is 5.10 Å². The molecule has 2 aromatic rings. The Hall–Kier alpha value is -3.62. The van der Waals surface area contributed by atoms with Crippen molar-refractivity contribution in [2.24, 2.45) is 16.9 Å². The van der Waals surface area contributed by atoms with Crippen molar-refractivity contribution >= 4 is 29.2 Å². The number of nitrogens with one attached hydrogen (secondary N) is 2. The van der Waals surface area contributed by atoms with Crippen molar-refractivity contribution in [3.05, 3.63) is 58.1 Å². The molecule has 0 bridgehead atoms. The molecular weight excluding hydrogens is 434 g/mol. The van der Waals surface area contributed by atoms with E-state index in [2.05, 4.69) is 48.4 Å². The van der Waals surface area contributed by atoms with Crippen molar-refractivity contribution in [1.82, 2.24) is 5.43 Å². The van der Waals surface area contributed by atoms with Gasteiger partial charge in [0.15, 0.2) is 0 Å². The summed E-state index contributed by atoms with van der Waals surface area (Å²) < 4.78 is 5.40. The van der Waals surface area contributed by atoms with Crippen LogP contribution in [0, 0.1) is 22.0 Å². The van der Waals surface area contributed by atoms with Gasteiger partial charge >= 0.3 is 0 Å². The Morgan fingerprint density at radius 1 is 1.12 bits per heavy atom. The van der Waals surface area contributed by atoms with Crippen LogP contribution in [0.15, 0.2) is 47.6 Å². The van der Waals surface area contributed by atoms with Crippen LogP contribution in [0.25, 0.3) is 0 Å². The fourth-order valence-corrected chi connectivity index (χ4v) is 3.43. The molecule has 34 heavy (non-hydrogen) atoms. The number of non-ortho nitro benzene ring substituents is 1. The Bertz CT molecular complexity index is 964. The summed E-state index contributed by atoms with van der Waals surface area (Å²) in [5.41, 5.74) is 4.66. The van der Waals surface area contributed by atoms with Gasteiger partial charge in [-0.1, -0.05) is 27.7 Å². The van der Waals surface area contributed by atoms with Gasteiger partial charge in [0.2, 0.25) is 0 Å². The van der Waals surface area contributed by atoms with Crippen molar-refractivity contribution in [2.75, 3.05) is 36.5 Å². The molecule has 0 radical (unpaired) electrons. The number of ether oxygens (including phenoxy) is 1. The number of carbonyl (C=O) groups is 1. The SMILES string of the molecule is CCOc1ccc(NCC(=O)N/N=C\c2cc([N+](=O)[O-])ccc2N(CC(C)C)CC(C)C)cc1. The number of nitrogens with zero attached hydrogens (tertiary/aromatic N) is 3. The molecule has 2 N–H and O–H groups in total. The predicted octanol–water partition coefficient (Wildman–Crippen LogP) is 4.67. The highest BCUT2D eigenvalue weighted by Gasteiger charge is 2.17. The minimum Gasteiger partial charge on any atom is -0.494 e. The average Bonchev–Trinajstić information content (AvgIpc) is 2.77. The van der Waals surface area contributed by atoms with Gasteiger partial charge in [0, 0.05) is 42.2 Å². The number of hydrazone groups is 1. The molecule has 0 saturated heterocycles. The number of anilines is 2. The number of hydrogen-bond acceptors (Lipinski definition) is 7. The lowest BCUT2D eigenvalue weighted by atomic mass is 10.1. The maximum absolute atomic E-state index is 12.2. The summed E-state index contributed by atoms with van der Waals surface area (Å²) in [6.45, 7) is 12.7. The predicted molar refractivity (Wildman–Crippen MR) is 137 cm³/mol. The van der Waals surface area contributed by atoms with E-state index in [0.717, 1.165) is 30.2 Å². The average molecular weight is 470 g/mol. The van der Waals surface area contributed by atoms with E-state index in [1.54, 1.807) is 6.07 Å². The molecule has 0 aliphatic rings. The van der Waals surface area contributed by atoms with Crippen LogP contribution in [0.4, 0.5) is 17.1 Å². The highest BCUT2D eigenvalue weighted by Crippen LogP contribution is 2.26. The third kappa shape index (κ3) is 8.73. The number of nitro groups is 1. The highest BCUT2D eigenvalue weighted by atomic mass is 16.6. The third-order valence-corrected chi connectivity index (χ3v) is 4.74. The summed E-state index contributed by atoms with van der Waals surface area (Å²) in [5, 5.41) is 18.4. The van der Waals surface area contributed by atoms with E-state index in [-0.39, 0.29) is 18.1 Å². The van der Waals surface area contributed by atoms with Crippen molar-refractivity contribution < 1.29 is 14.5 Å². The lowest BCUT2D eigenvalue weighted by Gasteiger charge is -2.29. The molecule has 2 aromatic carbocycles. The van der Waals surface area contributed by atoms with E-state index in [9.17, 15) is 14.9 Å². The monoisotopic (exact) mass is 469 g/mol. The zero-order chi connectivity index (χ0) is 25.1. The molecular formula is C25H35N5O4. The highest BCUT2D eigenvalue weighted by molar-refractivity contribution is 5.90. The minimum absolute atomic E-state index is 0.0252. The number of rotatable bonds is 13. The van der Waals surface area contributed by atoms with Gasteiger partial charge in [0.05, 0.1) is 24.3 Å². The first-order valence-corrected chi connectivity index (χ1v) is 11.5. The lowest BCUT2D eigenvalue weighted by molar-refractivity contribution is -0.384. The van der Waals surface area contributed by atoms with Crippen molar-refractivity contribution in [1.29, 1.82) is 0 Å². The fourth-order valence-electron chi connectivity index (χ4n) is 3.43. The van der Waals surface area contributed by atoms with E-state index in [4.69, 9.17) is 4.74 Å². The maximum Gasteiger partial charge on any atom is 0.270 e. The van der Waals surface area contributed by atoms with Gasteiger partial charge in [-0.3, -0.25) is 14.9 Å². The van der Waals surface area contributed by atoms with Gasteiger partial charge in [-0.25, -0.2) is 5.43 Å². The van der Waals surface area contributed by atoms with Crippen LogP contribution in [0.5, 0.6) is 5.75 Å². The Balaban J connectivity index is 2.10. The van der Waals surface area contributed by atoms with Gasteiger partial charge < -0.3 is 15.0 Å². The zero-order valence-corrected chi connectivity index (χ0v) is 20.6. The molecule has 0 saturated carbocycles. The number of benzene rings is 2. The van der Waals surface area contributed by atoms with Crippen LogP contribution >= 0.6 is 0 Å². The molecule has 0 aliphatic carbocycles. The number of hydrogen-bond donors (Lipinski definition) is 2.